The van der Waals surface area contributed by atoms with Gasteiger partial charge in [0.25, 0.3) is 0 Å². The van der Waals surface area contributed by atoms with Crippen LogP contribution in [-0.4, -0.2) is 37.9 Å². The Morgan fingerprint density at radius 3 is 2.18 bits per heavy atom. The number of piperazine rings is 1. The molecule has 5 heteroatoms. The maximum atomic E-state index is 12.4. The number of hydrogen-bond donors (Lipinski definition) is 1. The summed E-state index contributed by atoms with van der Waals surface area (Å²) in [5.41, 5.74) is 0. The van der Waals surface area contributed by atoms with Crippen LogP contribution in [0.5, 0.6) is 0 Å². The minimum absolute atomic E-state index is 0.192. The smallest absolute Gasteiger partial charge is 0.243 e. The van der Waals surface area contributed by atoms with Gasteiger partial charge >= 0.3 is 0 Å². The Bertz CT molecular complexity index is 463. The van der Waals surface area contributed by atoms with Crippen molar-refractivity contribution in [3.63, 3.8) is 0 Å². The Morgan fingerprint density at radius 2 is 1.65 bits per heavy atom. The average Bonchev–Trinajstić information content (AvgIpc) is 2.29. The Balaban J connectivity index is 2.27. The van der Waals surface area contributed by atoms with E-state index >= 15 is 0 Å². The van der Waals surface area contributed by atoms with Crippen molar-refractivity contribution in [3.05, 3.63) is 30.3 Å². The molecule has 1 unspecified atom stereocenters. The van der Waals surface area contributed by atoms with Gasteiger partial charge in [0, 0.05) is 25.2 Å². The predicted molar refractivity (Wildman–Crippen MR) is 67.3 cm³/mol. The van der Waals surface area contributed by atoms with E-state index in [0.717, 1.165) is 0 Å². The van der Waals surface area contributed by atoms with E-state index in [4.69, 9.17) is 0 Å². The van der Waals surface area contributed by atoms with E-state index in [2.05, 4.69) is 5.32 Å². The molecule has 0 spiro atoms. The molecular formula is C12H18N2O2S. The zero-order chi connectivity index (χ0) is 12.5. The molecule has 0 saturated carbocycles. The van der Waals surface area contributed by atoms with E-state index in [-0.39, 0.29) is 12.1 Å². The summed E-state index contributed by atoms with van der Waals surface area (Å²) in [4.78, 5) is 0.376. The van der Waals surface area contributed by atoms with Crippen LogP contribution in [-0.2, 0) is 10.0 Å². The molecule has 1 heterocycles. The van der Waals surface area contributed by atoms with Crippen LogP contribution in [0.3, 0.4) is 0 Å². The maximum absolute atomic E-state index is 12.4. The van der Waals surface area contributed by atoms with E-state index < -0.39 is 10.0 Å². The van der Waals surface area contributed by atoms with Crippen molar-refractivity contribution in [2.45, 2.75) is 30.8 Å². The van der Waals surface area contributed by atoms with Crippen LogP contribution in [0.2, 0.25) is 0 Å². The van der Waals surface area contributed by atoms with Crippen LogP contribution in [0.4, 0.5) is 0 Å². The molecule has 1 N–H and O–H groups in total. The van der Waals surface area contributed by atoms with E-state index in [1.165, 1.54) is 0 Å². The van der Waals surface area contributed by atoms with E-state index in [1.54, 1.807) is 28.6 Å². The van der Waals surface area contributed by atoms with Gasteiger partial charge in [-0.25, -0.2) is 8.42 Å². The predicted octanol–water partition coefficient (Wildman–Crippen LogP) is 1.06. The highest BCUT2D eigenvalue weighted by atomic mass is 32.2. The van der Waals surface area contributed by atoms with Gasteiger partial charge in [0.15, 0.2) is 0 Å². The van der Waals surface area contributed by atoms with Crippen LogP contribution in [0.1, 0.15) is 13.8 Å². The van der Waals surface area contributed by atoms with Gasteiger partial charge in [0.2, 0.25) is 10.0 Å². The first kappa shape index (κ1) is 12.5. The molecule has 1 fully saturated rings. The first-order valence-electron chi connectivity index (χ1n) is 5.81. The number of nitrogens with zero attached hydrogens (tertiary/aromatic N) is 1. The van der Waals surface area contributed by atoms with Crippen LogP contribution >= 0.6 is 0 Å². The van der Waals surface area contributed by atoms with Gasteiger partial charge in [-0.05, 0) is 26.0 Å². The van der Waals surface area contributed by atoms with Crippen molar-refractivity contribution >= 4 is 10.0 Å². The molecule has 17 heavy (non-hydrogen) atoms. The molecule has 94 valence electrons. The number of sulfonamides is 1. The summed E-state index contributed by atoms with van der Waals surface area (Å²) in [6, 6.07) is 9.00. The second-order valence-corrected chi connectivity index (χ2v) is 6.54. The van der Waals surface area contributed by atoms with Gasteiger partial charge in [-0.2, -0.15) is 4.31 Å². The van der Waals surface area contributed by atoms with E-state index in [9.17, 15) is 8.42 Å². The lowest BCUT2D eigenvalue weighted by atomic mass is 10.2. The fourth-order valence-electron chi connectivity index (χ4n) is 2.21. The molecule has 0 bridgehead atoms. The first-order chi connectivity index (χ1) is 8.00. The number of nitrogens with one attached hydrogen (secondary N) is 1. The van der Waals surface area contributed by atoms with Crippen molar-refractivity contribution in [1.82, 2.24) is 9.62 Å². The molecule has 0 aliphatic carbocycles. The third-order valence-electron chi connectivity index (χ3n) is 2.91. The summed E-state index contributed by atoms with van der Waals surface area (Å²) in [6.07, 6.45) is 0. The highest BCUT2D eigenvalue weighted by molar-refractivity contribution is 7.89. The molecular weight excluding hydrogens is 236 g/mol. The lowest BCUT2D eigenvalue weighted by Gasteiger charge is -2.35. The van der Waals surface area contributed by atoms with Crippen molar-refractivity contribution in [1.29, 1.82) is 0 Å². The van der Waals surface area contributed by atoms with Gasteiger partial charge in [-0.3, -0.25) is 0 Å². The second kappa shape index (κ2) is 4.76. The topological polar surface area (TPSA) is 49.4 Å². The normalized spacial score (nSPS) is 26.9. The molecule has 1 aromatic carbocycles. The summed E-state index contributed by atoms with van der Waals surface area (Å²) >= 11 is 0. The molecule has 2 atom stereocenters. The highest BCUT2D eigenvalue weighted by Gasteiger charge is 2.30. The Labute approximate surface area is 103 Å². The summed E-state index contributed by atoms with van der Waals surface area (Å²) in [7, 11) is -3.33. The molecule has 0 aromatic heterocycles. The molecule has 1 aromatic rings. The fourth-order valence-corrected chi connectivity index (χ4v) is 3.85. The number of benzene rings is 1. The molecule has 1 saturated heterocycles. The average molecular weight is 254 g/mol. The van der Waals surface area contributed by atoms with Crippen molar-refractivity contribution in [2.24, 2.45) is 0 Å². The summed E-state index contributed by atoms with van der Waals surface area (Å²) in [5, 5.41) is 3.33. The van der Waals surface area contributed by atoms with Gasteiger partial charge in [0.05, 0.1) is 4.90 Å². The largest absolute Gasteiger partial charge is 0.309 e. The monoisotopic (exact) mass is 254 g/mol. The lowest BCUT2D eigenvalue weighted by molar-refractivity contribution is 0.263. The van der Waals surface area contributed by atoms with Gasteiger partial charge in [-0.15, -0.1) is 0 Å². The van der Waals surface area contributed by atoms with Gasteiger partial charge in [0.1, 0.15) is 0 Å². The lowest BCUT2D eigenvalue weighted by Crippen LogP contribution is -2.55. The molecule has 4 nitrogen and oxygen atoms in total. The van der Waals surface area contributed by atoms with E-state index in [0.29, 0.717) is 18.0 Å². The Kier molecular flexibility index (Phi) is 3.51. The first-order valence-corrected chi connectivity index (χ1v) is 7.25. The number of rotatable bonds is 2. The van der Waals surface area contributed by atoms with Crippen molar-refractivity contribution in [2.75, 3.05) is 13.1 Å². The minimum Gasteiger partial charge on any atom is -0.309 e. The van der Waals surface area contributed by atoms with Gasteiger partial charge < -0.3 is 5.32 Å². The van der Waals surface area contributed by atoms with Crippen LogP contribution in [0, 0.1) is 0 Å². The van der Waals surface area contributed by atoms with Crippen LogP contribution in [0.15, 0.2) is 35.2 Å². The third-order valence-corrected chi connectivity index (χ3v) is 4.75. The molecule has 1 aliphatic heterocycles. The molecule has 1 aliphatic rings. The standard InChI is InChI=1S/C12H18N2O2S/c1-10-8-14(9-11(2)13-10)17(15,16)12-6-4-3-5-7-12/h3-7,10-11,13H,8-9H2,1-2H3/t10-,11?/m0/s1. The van der Waals surface area contributed by atoms with E-state index in [1.807, 2.05) is 19.9 Å². The van der Waals surface area contributed by atoms with Gasteiger partial charge in [-0.1, -0.05) is 18.2 Å². The zero-order valence-electron chi connectivity index (χ0n) is 10.1. The SMILES string of the molecule is CC1CN(S(=O)(=O)c2ccccc2)C[C@H](C)N1. The van der Waals surface area contributed by atoms with Crippen LogP contribution < -0.4 is 5.32 Å². The third kappa shape index (κ3) is 2.68. The number of hydrogen-bond acceptors (Lipinski definition) is 3. The second-order valence-electron chi connectivity index (χ2n) is 4.60. The van der Waals surface area contributed by atoms with Crippen LogP contribution in [0.25, 0.3) is 0 Å². The molecule has 2 rings (SSSR count). The summed E-state index contributed by atoms with van der Waals surface area (Å²) < 4.78 is 26.3. The van der Waals surface area contributed by atoms with Crippen molar-refractivity contribution in [3.8, 4) is 0 Å². The Hall–Kier alpha value is -0.910. The summed E-state index contributed by atoms with van der Waals surface area (Å²) in [6.45, 7) is 5.06. The minimum atomic E-state index is -3.33. The molecule has 0 amide bonds. The fraction of sp³-hybridized carbons (Fsp3) is 0.500. The summed E-state index contributed by atoms with van der Waals surface area (Å²) in [5.74, 6) is 0. The van der Waals surface area contributed by atoms with Crippen molar-refractivity contribution < 1.29 is 8.42 Å². The molecule has 0 radical (unpaired) electrons. The highest BCUT2D eigenvalue weighted by Crippen LogP contribution is 2.18. The zero-order valence-corrected chi connectivity index (χ0v) is 10.9. The quantitative estimate of drug-likeness (QED) is 0.858. The Morgan fingerprint density at radius 1 is 1.12 bits per heavy atom. The maximum Gasteiger partial charge on any atom is 0.243 e.